The molecule has 20 heavy (non-hydrogen) atoms. The highest BCUT2D eigenvalue weighted by Crippen LogP contribution is 2.82. The molecule has 6 aliphatic carbocycles. The average Bonchev–Trinajstić information content (AvgIpc) is 3.07. The highest BCUT2D eigenvalue weighted by molar-refractivity contribution is 5.25. The van der Waals surface area contributed by atoms with Gasteiger partial charge in [0, 0.05) is 0 Å². The van der Waals surface area contributed by atoms with Crippen molar-refractivity contribution in [2.24, 2.45) is 39.7 Å². The van der Waals surface area contributed by atoms with Crippen LogP contribution in [0.25, 0.3) is 0 Å². The summed E-state index contributed by atoms with van der Waals surface area (Å²) in [7, 11) is 0. The minimum absolute atomic E-state index is 0.594. The SMILES string of the molecule is NCC1(C23CC4CC(CC(C4)C2)C3)CC12CCCCC2. The molecular weight excluding hydrogens is 242 g/mol. The van der Waals surface area contributed by atoms with Gasteiger partial charge in [0.05, 0.1) is 0 Å². The molecule has 112 valence electrons. The minimum atomic E-state index is 0.594. The molecule has 6 saturated carbocycles. The first kappa shape index (κ1) is 12.5. The van der Waals surface area contributed by atoms with Crippen LogP contribution < -0.4 is 5.73 Å². The molecule has 1 spiro atoms. The van der Waals surface area contributed by atoms with Crippen LogP contribution in [0.3, 0.4) is 0 Å². The first-order valence-electron chi connectivity index (χ1n) is 9.41. The molecule has 1 heteroatoms. The largest absolute Gasteiger partial charge is 0.330 e. The van der Waals surface area contributed by atoms with Crippen molar-refractivity contribution in [1.82, 2.24) is 0 Å². The Kier molecular flexibility index (Phi) is 2.39. The normalized spacial score (nSPS) is 55.4. The molecule has 1 unspecified atom stereocenters. The Hall–Kier alpha value is -0.0400. The van der Waals surface area contributed by atoms with E-state index in [4.69, 9.17) is 5.73 Å². The third-order valence-corrected chi connectivity index (χ3v) is 8.74. The van der Waals surface area contributed by atoms with Crippen LogP contribution >= 0.6 is 0 Å². The van der Waals surface area contributed by atoms with Gasteiger partial charge in [-0.05, 0) is 98.3 Å². The molecule has 0 amide bonds. The van der Waals surface area contributed by atoms with Crippen LogP contribution in [0.5, 0.6) is 0 Å². The van der Waals surface area contributed by atoms with Gasteiger partial charge < -0.3 is 5.73 Å². The molecule has 0 heterocycles. The van der Waals surface area contributed by atoms with Crippen LogP contribution in [0.4, 0.5) is 0 Å². The smallest absolute Gasteiger partial charge is 0.000965 e. The zero-order chi connectivity index (χ0) is 13.4. The number of hydrogen-bond donors (Lipinski definition) is 1. The van der Waals surface area contributed by atoms with E-state index in [1.165, 1.54) is 38.5 Å². The lowest BCUT2D eigenvalue weighted by atomic mass is 9.44. The summed E-state index contributed by atoms with van der Waals surface area (Å²) in [6.07, 6.45) is 18.5. The zero-order valence-electron chi connectivity index (χ0n) is 13.0. The molecule has 6 aliphatic rings. The monoisotopic (exact) mass is 273 g/mol. The van der Waals surface area contributed by atoms with Crippen molar-refractivity contribution in [3.63, 3.8) is 0 Å². The van der Waals surface area contributed by atoms with Gasteiger partial charge in [-0.1, -0.05) is 19.3 Å². The van der Waals surface area contributed by atoms with Crippen LogP contribution in [0.15, 0.2) is 0 Å². The van der Waals surface area contributed by atoms with Gasteiger partial charge in [-0.15, -0.1) is 0 Å². The maximum Gasteiger partial charge on any atom is -0.000965 e. The van der Waals surface area contributed by atoms with Crippen LogP contribution in [-0.4, -0.2) is 6.54 Å². The molecule has 2 N–H and O–H groups in total. The van der Waals surface area contributed by atoms with Crippen molar-refractivity contribution < 1.29 is 0 Å². The van der Waals surface area contributed by atoms with Gasteiger partial charge >= 0.3 is 0 Å². The lowest BCUT2D eigenvalue weighted by Crippen LogP contribution is -2.54. The quantitative estimate of drug-likeness (QED) is 0.787. The third-order valence-electron chi connectivity index (χ3n) is 8.74. The van der Waals surface area contributed by atoms with E-state index in [9.17, 15) is 0 Å². The van der Waals surface area contributed by atoms with E-state index >= 15 is 0 Å². The summed E-state index contributed by atoms with van der Waals surface area (Å²) in [5, 5.41) is 0. The second-order valence-electron chi connectivity index (χ2n) is 9.50. The van der Waals surface area contributed by atoms with Crippen LogP contribution in [0.1, 0.15) is 77.0 Å². The fraction of sp³-hybridized carbons (Fsp3) is 1.00. The van der Waals surface area contributed by atoms with Crippen LogP contribution in [0, 0.1) is 34.0 Å². The average molecular weight is 273 g/mol. The third kappa shape index (κ3) is 1.35. The van der Waals surface area contributed by atoms with Gasteiger partial charge in [-0.25, -0.2) is 0 Å². The van der Waals surface area contributed by atoms with E-state index < -0.39 is 0 Å². The Morgan fingerprint density at radius 2 is 1.30 bits per heavy atom. The summed E-state index contributed by atoms with van der Waals surface area (Å²) in [6.45, 7) is 1.01. The molecule has 0 aromatic heterocycles. The van der Waals surface area contributed by atoms with Crippen molar-refractivity contribution in [2.45, 2.75) is 77.0 Å². The molecular formula is C19H31N. The fourth-order valence-corrected chi connectivity index (χ4v) is 8.37. The molecule has 0 aromatic rings. The highest BCUT2D eigenvalue weighted by atomic mass is 14.8. The standard InChI is InChI=1S/C19H31N/c20-13-19(12-17(19)4-2-1-3-5-17)18-9-14-6-15(10-18)8-16(7-14)11-18/h14-16H,1-13,20H2. The maximum atomic E-state index is 6.50. The van der Waals surface area contributed by atoms with Crippen LogP contribution in [-0.2, 0) is 0 Å². The molecule has 0 saturated heterocycles. The first-order valence-corrected chi connectivity index (χ1v) is 9.41. The van der Waals surface area contributed by atoms with Gasteiger partial charge in [0.2, 0.25) is 0 Å². The lowest BCUT2D eigenvalue weighted by Gasteiger charge is -2.61. The first-order chi connectivity index (χ1) is 9.71. The van der Waals surface area contributed by atoms with Gasteiger partial charge in [-0.2, -0.15) is 0 Å². The predicted octanol–water partition coefficient (Wildman–Crippen LogP) is 4.50. The second kappa shape index (κ2) is 3.83. The number of hydrogen-bond acceptors (Lipinski definition) is 1. The topological polar surface area (TPSA) is 26.0 Å². The predicted molar refractivity (Wildman–Crippen MR) is 82.2 cm³/mol. The van der Waals surface area contributed by atoms with Gasteiger partial charge in [0.15, 0.2) is 0 Å². The zero-order valence-corrected chi connectivity index (χ0v) is 13.0. The van der Waals surface area contributed by atoms with E-state index in [0.717, 1.165) is 24.3 Å². The van der Waals surface area contributed by atoms with Crippen molar-refractivity contribution in [1.29, 1.82) is 0 Å². The summed E-state index contributed by atoms with van der Waals surface area (Å²) in [5.41, 5.74) is 8.51. The van der Waals surface area contributed by atoms with E-state index in [1.807, 2.05) is 0 Å². The maximum absolute atomic E-state index is 6.50. The van der Waals surface area contributed by atoms with Crippen molar-refractivity contribution in [2.75, 3.05) is 6.54 Å². The van der Waals surface area contributed by atoms with Crippen molar-refractivity contribution in [3.8, 4) is 0 Å². The Morgan fingerprint density at radius 3 is 1.80 bits per heavy atom. The second-order valence-corrected chi connectivity index (χ2v) is 9.50. The van der Waals surface area contributed by atoms with Gasteiger partial charge in [-0.3, -0.25) is 0 Å². The summed E-state index contributed by atoms with van der Waals surface area (Å²) < 4.78 is 0. The molecule has 0 aromatic carbocycles. The highest BCUT2D eigenvalue weighted by Gasteiger charge is 2.75. The number of rotatable bonds is 2. The molecule has 6 fully saturated rings. The molecule has 6 rings (SSSR count). The Balaban J connectivity index is 1.52. The summed E-state index contributed by atoms with van der Waals surface area (Å²) >= 11 is 0. The van der Waals surface area contributed by atoms with Crippen LogP contribution in [0.2, 0.25) is 0 Å². The molecule has 1 nitrogen and oxygen atoms in total. The van der Waals surface area contributed by atoms with E-state index in [-0.39, 0.29) is 0 Å². The van der Waals surface area contributed by atoms with Gasteiger partial charge in [0.25, 0.3) is 0 Å². The summed E-state index contributed by atoms with van der Waals surface area (Å²) in [6, 6.07) is 0. The van der Waals surface area contributed by atoms with Crippen molar-refractivity contribution in [3.05, 3.63) is 0 Å². The molecule has 0 aliphatic heterocycles. The molecule has 1 atom stereocenters. The molecule has 4 bridgehead atoms. The van der Waals surface area contributed by atoms with E-state index in [2.05, 4.69) is 0 Å². The minimum Gasteiger partial charge on any atom is -0.330 e. The van der Waals surface area contributed by atoms with Gasteiger partial charge in [0.1, 0.15) is 0 Å². The summed E-state index contributed by atoms with van der Waals surface area (Å²) in [5.74, 6) is 3.27. The Bertz CT molecular complexity index is 384. The fourth-order valence-electron chi connectivity index (χ4n) is 8.37. The van der Waals surface area contributed by atoms with E-state index in [1.54, 1.807) is 38.5 Å². The lowest BCUT2D eigenvalue weighted by molar-refractivity contribution is -0.109. The van der Waals surface area contributed by atoms with Crippen molar-refractivity contribution >= 4 is 0 Å². The number of nitrogens with two attached hydrogens (primary N) is 1. The summed E-state index contributed by atoms with van der Waals surface area (Å²) in [4.78, 5) is 0. The van der Waals surface area contributed by atoms with E-state index in [0.29, 0.717) is 16.2 Å². The Labute approximate surface area is 124 Å². The Morgan fingerprint density at radius 1 is 0.750 bits per heavy atom. The molecule has 0 radical (unpaired) electrons.